The van der Waals surface area contributed by atoms with Gasteiger partial charge in [-0.1, -0.05) is 41.9 Å². The molecule has 2 nitrogen and oxygen atoms in total. The average Bonchev–Trinajstić information content (AvgIpc) is 2.85. The van der Waals surface area contributed by atoms with Crippen LogP contribution in [-0.2, 0) is 13.2 Å². The third-order valence-electron chi connectivity index (χ3n) is 3.59. The van der Waals surface area contributed by atoms with E-state index in [1.165, 1.54) is 0 Å². The van der Waals surface area contributed by atoms with Gasteiger partial charge < -0.3 is 9.67 Å². The standard InChI is InChI=1S/C17H16ClNO/c1-12-5-6-14(16(18)9-12)10-19-8-7-13-3-2-4-15(11-20)17(13)19/h2-9,20H,10-11H2,1H3. The molecule has 0 aliphatic carbocycles. The summed E-state index contributed by atoms with van der Waals surface area (Å²) in [6, 6.07) is 14.2. The van der Waals surface area contributed by atoms with Crippen LogP contribution in [0.5, 0.6) is 0 Å². The van der Waals surface area contributed by atoms with E-state index in [9.17, 15) is 5.11 Å². The first-order chi connectivity index (χ1) is 9.69. The van der Waals surface area contributed by atoms with Gasteiger partial charge in [-0.2, -0.15) is 0 Å². The van der Waals surface area contributed by atoms with Crippen LogP contribution in [0.15, 0.2) is 48.7 Å². The first-order valence-electron chi connectivity index (χ1n) is 6.61. The first kappa shape index (κ1) is 13.2. The zero-order valence-corrected chi connectivity index (χ0v) is 12.1. The minimum atomic E-state index is 0.0446. The molecule has 2 aromatic carbocycles. The molecule has 0 fully saturated rings. The Bertz CT molecular complexity index is 761. The van der Waals surface area contributed by atoms with E-state index in [0.29, 0.717) is 6.54 Å². The SMILES string of the molecule is Cc1ccc(Cn2ccc3cccc(CO)c32)c(Cl)c1. The van der Waals surface area contributed by atoms with Gasteiger partial charge in [-0.25, -0.2) is 0 Å². The van der Waals surface area contributed by atoms with E-state index in [1.807, 2.05) is 31.3 Å². The van der Waals surface area contributed by atoms with Crippen molar-refractivity contribution in [1.82, 2.24) is 4.57 Å². The molecule has 1 aromatic heterocycles. The number of hydrogen-bond acceptors (Lipinski definition) is 1. The zero-order valence-electron chi connectivity index (χ0n) is 11.3. The lowest BCUT2D eigenvalue weighted by Crippen LogP contribution is -2.01. The zero-order chi connectivity index (χ0) is 14.1. The largest absolute Gasteiger partial charge is 0.392 e. The van der Waals surface area contributed by atoms with E-state index < -0.39 is 0 Å². The third kappa shape index (κ3) is 2.33. The number of aliphatic hydroxyl groups is 1. The molecule has 0 saturated heterocycles. The number of aliphatic hydroxyl groups excluding tert-OH is 1. The van der Waals surface area contributed by atoms with E-state index in [-0.39, 0.29) is 6.61 Å². The number of para-hydroxylation sites is 1. The highest BCUT2D eigenvalue weighted by Gasteiger charge is 2.08. The van der Waals surface area contributed by atoms with Crippen molar-refractivity contribution in [3.8, 4) is 0 Å². The van der Waals surface area contributed by atoms with Gasteiger partial charge in [0.05, 0.1) is 12.1 Å². The Hall–Kier alpha value is -1.77. The molecule has 3 aromatic rings. The van der Waals surface area contributed by atoms with Crippen LogP contribution in [0.1, 0.15) is 16.7 Å². The Labute approximate surface area is 123 Å². The van der Waals surface area contributed by atoms with E-state index in [4.69, 9.17) is 11.6 Å². The Morgan fingerprint density at radius 1 is 1.10 bits per heavy atom. The molecule has 1 N–H and O–H groups in total. The summed E-state index contributed by atoms with van der Waals surface area (Å²) in [5, 5.41) is 11.4. The van der Waals surface area contributed by atoms with Crippen molar-refractivity contribution in [2.45, 2.75) is 20.1 Å². The van der Waals surface area contributed by atoms with Gasteiger partial charge in [-0.15, -0.1) is 0 Å². The second-order valence-electron chi connectivity index (χ2n) is 5.05. The molecule has 102 valence electrons. The second-order valence-corrected chi connectivity index (χ2v) is 5.46. The van der Waals surface area contributed by atoms with Gasteiger partial charge in [0.1, 0.15) is 0 Å². The van der Waals surface area contributed by atoms with Crippen molar-refractivity contribution in [2.75, 3.05) is 0 Å². The van der Waals surface area contributed by atoms with Crippen LogP contribution in [0, 0.1) is 6.92 Å². The number of aromatic nitrogens is 1. The summed E-state index contributed by atoms with van der Waals surface area (Å²) in [5.74, 6) is 0. The first-order valence-corrected chi connectivity index (χ1v) is 6.99. The summed E-state index contributed by atoms with van der Waals surface area (Å²) < 4.78 is 2.14. The Morgan fingerprint density at radius 2 is 1.95 bits per heavy atom. The quantitative estimate of drug-likeness (QED) is 0.768. The summed E-state index contributed by atoms with van der Waals surface area (Å²) >= 11 is 6.31. The van der Waals surface area contributed by atoms with Gasteiger partial charge in [0, 0.05) is 23.3 Å². The molecule has 0 atom stereocenters. The monoisotopic (exact) mass is 285 g/mol. The summed E-state index contributed by atoms with van der Waals surface area (Å²) in [6.45, 7) is 2.78. The maximum Gasteiger partial charge on any atom is 0.0702 e. The molecule has 3 heteroatoms. The minimum Gasteiger partial charge on any atom is -0.392 e. The minimum absolute atomic E-state index is 0.0446. The molecule has 0 aliphatic heterocycles. The topological polar surface area (TPSA) is 25.2 Å². The molecule has 0 radical (unpaired) electrons. The van der Waals surface area contributed by atoms with Gasteiger partial charge in [0.15, 0.2) is 0 Å². The number of aryl methyl sites for hydroxylation is 1. The highest BCUT2D eigenvalue weighted by Crippen LogP contribution is 2.24. The normalized spacial score (nSPS) is 11.2. The maximum atomic E-state index is 9.50. The molecule has 20 heavy (non-hydrogen) atoms. The predicted octanol–water partition coefficient (Wildman–Crippen LogP) is 4.14. The summed E-state index contributed by atoms with van der Waals surface area (Å²) in [6.07, 6.45) is 2.04. The van der Waals surface area contributed by atoms with Crippen molar-refractivity contribution in [3.05, 3.63) is 70.4 Å². The Balaban J connectivity index is 2.06. The van der Waals surface area contributed by atoms with Gasteiger partial charge in [0.25, 0.3) is 0 Å². The Morgan fingerprint density at radius 3 is 2.70 bits per heavy atom. The number of nitrogens with zero attached hydrogens (tertiary/aromatic N) is 1. The predicted molar refractivity (Wildman–Crippen MR) is 83.2 cm³/mol. The van der Waals surface area contributed by atoms with Crippen LogP contribution in [0.2, 0.25) is 5.02 Å². The lowest BCUT2D eigenvalue weighted by molar-refractivity contribution is 0.283. The summed E-state index contributed by atoms with van der Waals surface area (Å²) in [7, 11) is 0. The van der Waals surface area contributed by atoms with Crippen molar-refractivity contribution in [3.63, 3.8) is 0 Å². The maximum absolute atomic E-state index is 9.50. The van der Waals surface area contributed by atoms with E-state index >= 15 is 0 Å². The van der Waals surface area contributed by atoms with Crippen molar-refractivity contribution < 1.29 is 5.11 Å². The molecule has 3 rings (SSSR count). The molecule has 0 aliphatic rings. The van der Waals surface area contributed by atoms with Crippen molar-refractivity contribution >= 4 is 22.5 Å². The average molecular weight is 286 g/mol. The number of hydrogen-bond donors (Lipinski definition) is 1. The van der Waals surface area contributed by atoms with Crippen LogP contribution in [-0.4, -0.2) is 9.67 Å². The van der Waals surface area contributed by atoms with Crippen LogP contribution in [0.25, 0.3) is 10.9 Å². The highest BCUT2D eigenvalue weighted by atomic mass is 35.5. The fourth-order valence-corrected chi connectivity index (χ4v) is 2.86. The molecular weight excluding hydrogens is 270 g/mol. The highest BCUT2D eigenvalue weighted by molar-refractivity contribution is 6.31. The number of rotatable bonds is 3. The summed E-state index contributed by atoms with van der Waals surface area (Å²) in [5.41, 5.74) is 4.26. The van der Waals surface area contributed by atoms with Crippen LogP contribution in [0.4, 0.5) is 0 Å². The molecule has 0 spiro atoms. The third-order valence-corrected chi connectivity index (χ3v) is 3.94. The smallest absolute Gasteiger partial charge is 0.0702 e. The summed E-state index contributed by atoms with van der Waals surface area (Å²) in [4.78, 5) is 0. The van der Waals surface area contributed by atoms with Gasteiger partial charge in [-0.05, 0) is 35.6 Å². The molecular formula is C17H16ClNO. The van der Waals surface area contributed by atoms with E-state index in [2.05, 4.69) is 28.8 Å². The molecule has 0 saturated carbocycles. The van der Waals surface area contributed by atoms with Crippen molar-refractivity contribution in [2.24, 2.45) is 0 Å². The number of benzene rings is 2. The second kappa shape index (κ2) is 5.31. The van der Waals surface area contributed by atoms with Gasteiger partial charge in [0.2, 0.25) is 0 Å². The Kier molecular flexibility index (Phi) is 3.51. The molecule has 1 heterocycles. The fourth-order valence-electron chi connectivity index (χ4n) is 2.56. The lowest BCUT2D eigenvalue weighted by atomic mass is 10.1. The van der Waals surface area contributed by atoms with E-state index in [0.717, 1.165) is 32.6 Å². The van der Waals surface area contributed by atoms with Gasteiger partial charge >= 0.3 is 0 Å². The number of fused-ring (bicyclic) bond motifs is 1. The van der Waals surface area contributed by atoms with Crippen molar-refractivity contribution in [1.29, 1.82) is 0 Å². The van der Waals surface area contributed by atoms with Gasteiger partial charge in [-0.3, -0.25) is 0 Å². The van der Waals surface area contributed by atoms with Crippen LogP contribution < -0.4 is 0 Å². The number of halogens is 1. The van der Waals surface area contributed by atoms with E-state index in [1.54, 1.807) is 0 Å². The lowest BCUT2D eigenvalue weighted by Gasteiger charge is -2.10. The molecule has 0 amide bonds. The molecule has 0 bridgehead atoms. The van der Waals surface area contributed by atoms with Crippen LogP contribution in [0.3, 0.4) is 0 Å². The molecule has 0 unspecified atom stereocenters. The fraction of sp³-hybridized carbons (Fsp3) is 0.176. The van der Waals surface area contributed by atoms with Crippen LogP contribution >= 0.6 is 11.6 Å².